The van der Waals surface area contributed by atoms with E-state index in [0.29, 0.717) is 10.0 Å². The fourth-order valence-corrected chi connectivity index (χ4v) is 2.19. The van der Waals surface area contributed by atoms with Crippen LogP contribution in [0.3, 0.4) is 0 Å². The fraction of sp³-hybridized carbons (Fsp3) is 0.364. The van der Waals surface area contributed by atoms with Gasteiger partial charge in [-0.25, -0.2) is 0 Å². The molecule has 1 aromatic rings. The minimum absolute atomic E-state index is 0.0797. The van der Waals surface area contributed by atoms with Gasteiger partial charge in [0.05, 0.1) is 5.92 Å². The molecule has 1 fully saturated rings. The summed E-state index contributed by atoms with van der Waals surface area (Å²) in [5, 5.41) is 0. The van der Waals surface area contributed by atoms with E-state index in [2.05, 4.69) is 15.9 Å². The number of ketones is 1. The molecule has 0 bridgehead atoms. The maximum Gasteiger partial charge on any atom is 0.392 e. The maximum absolute atomic E-state index is 12.3. The van der Waals surface area contributed by atoms with E-state index in [0.717, 1.165) is 0 Å². The molecule has 0 N–H and O–H groups in total. The first kappa shape index (κ1) is 11.6. The van der Waals surface area contributed by atoms with Gasteiger partial charge in [0.15, 0.2) is 5.78 Å². The van der Waals surface area contributed by atoms with Crippen molar-refractivity contribution >= 4 is 21.7 Å². The summed E-state index contributed by atoms with van der Waals surface area (Å²) in [4.78, 5) is 11.8. The smallest absolute Gasteiger partial charge is 0.294 e. The van der Waals surface area contributed by atoms with Crippen molar-refractivity contribution in [3.8, 4) is 0 Å². The predicted molar refractivity (Wildman–Crippen MR) is 56.1 cm³/mol. The Balaban J connectivity index is 2.15. The molecule has 5 heteroatoms. The lowest BCUT2D eigenvalue weighted by Crippen LogP contribution is -2.15. The molecule has 86 valence electrons. The van der Waals surface area contributed by atoms with Gasteiger partial charge in [0.2, 0.25) is 0 Å². The molecule has 16 heavy (non-hydrogen) atoms. The highest BCUT2D eigenvalue weighted by molar-refractivity contribution is 9.10. The zero-order valence-electron chi connectivity index (χ0n) is 8.09. The van der Waals surface area contributed by atoms with Crippen molar-refractivity contribution in [2.45, 2.75) is 12.6 Å². The second-order valence-electron chi connectivity index (χ2n) is 3.83. The molecule has 0 amide bonds. The number of Topliss-reactive ketones (excluding diaryl/α,β-unsaturated/α-hetero) is 1. The first-order valence-electron chi connectivity index (χ1n) is 4.76. The first-order valence-corrected chi connectivity index (χ1v) is 5.56. The average Bonchev–Trinajstić information content (AvgIpc) is 2.96. The number of hydrogen-bond donors (Lipinski definition) is 0. The van der Waals surface area contributed by atoms with E-state index < -0.39 is 23.8 Å². The van der Waals surface area contributed by atoms with Gasteiger partial charge < -0.3 is 0 Å². The first-order chi connectivity index (χ1) is 7.41. The lowest BCUT2D eigenvalue weighted by Gasteiger charge is -2.05. The molecular formula is C11H8BrF3O. The Kier molecular flexibility index (Phi) is 2.82. The standard InChI is InChI=1S/C11H8BrF3O/c12-9-4-2-1-3-6(9)10(16)7-5-8(7)11(13,14)15/h1-4,7-8H,5H2. The highest BCUT2D eigenvalue weighted by Gasteiger charge is 2.58. The van der Waals surface area contributed by atoms with Gasteiger partial charge >= 0.3 is 6.18 Å². The summed E-state index contributed by atoms with van der Waals surface area (Å²) in [6.07, 6.45) is -4.33. The van der Waals surface area contributed by atoms with Crippen LogP contribution in [0.25, 0.3) is 0 Å². The van der Waals surface area contributed by atoms with Gasteiger partial charge in [0.1, 0.15) is 0 Å². The molecule has 0 heterocycles. The monoisotopic (exact) mass is 292 g/mol. The third kappa shape index (κ3) is 2.14. The summed E-state index contributed by atoms with van der Waals surface area (Å²) in [7, 11) is 0. The average molecular weight is 293 g/mol. The molecule has 1 aromatic carbocycles. The minimum Gasteiger partial charge on any atom is -0.294 e. The van der Waals surface area contributed by atoms with Crippen molar-refractivity contribution in [3.63, 3.8) is 0 Å². The third-order valence-electron chi connectivity index (χ3n) is 2.69. The van der Waals surface area contributed by atoms with Crippen LogP contribution in [0.1, 0.15) is 16.8 Å². The van der Waals surface area contributed by atoms with E-state index >= 15 is 0 Å². The van der Waals surface area contributed by atoms with Gasteiger partial charge in [-0.3, -0.25) is 4.79 Å². The Morgan fingerprint density at radius 2 is 1.94 bits per heavy atom. The van der Waals surface area contributed by atoms with Crippen molar-refractivity contribution in [1.82, 2.24) is 0 Å². The molecule has 1 saturated carbocycles. The van der Waals surface area contributed by atoms with Gasteiger partial charge in [0.25, 0.3) is 0 Å². The normalized spacial score (nSPS) is 24.2. The molecule has 0 saturated heterocycles. The molecule has 1 aliphatic rings. The Bertz CT molecular complexity index is 427. The summed E-state index contributed by atoms with van der Waals surface area (Å²) in [5.74, 6) is -2.76. The largest absolute Gasteiger partial charge is 0.392 e. The topological polar surface area (TPSA) is 17.1 Å². The maximum atomic E-state index is 12.3. The number of rotatable bonds is 2. The lowest BCUT2D eigenvalue weighted by atomic mass is 10.1. The minimum atomic E-state index is -4.25. The van der Waals surface area contributed by atoms with Gasteiger partial charge in [0, 0.05) is 16.0 Å². The van der Waals surface area contributed by atoms with E-state index in [9.17, 15) is 18.0 Å². The Morgan fingerprint density at radius 1 is 1.31 bits per heavy atom. The van der Waals surface area contributed by atoms with Crippen molar-refractivity contribution in [2.75, 3.05) is 0 Å². The van der Waals surface area contributed by atoms with Crippen LogP contribution < -0.4 is 0 Å². The Morgan fingerprint density at radius 3 is 2.44 bits per heavy atom. The van der Waals surface area contributed by atoms with E-state index in [1.165, 1.54) is 6.07 Å². The van der Waals surface area contributed by atoms with E-state index in [1.54, 1.807) is 18.2 Å². The molecule has 2 unspecified atom stereocenters. The summed E-state index contributed by atoms with van der Waals surface area (Å²) >= 11 is 3.16. The van der Waals surface area contributed by atoms with Crippen LogP contribution in [0, 0.1) is 11.8 Å². The number of hydrogen-bond acceptors (Lipinski definition) is 1. The zero-order chi connectivity index (χ0) is 11.9. The second kappa shape index (κ2) is 3.87. The highest BCUT2D eigenvalue weighted by Crippen LogP contribution is 2.51. The van der Waals surface area contributed by atoms with Crippen LogP contribution in [-0.2, 0) is 0 Å². The molecule has 0 aliphatic heterocycles. The highest BCUT2D eigenvalue weighted by atomic mass is 79.9. The van der Waals surface area contributed by atoms with E-state index in [-0.39, 0.29) is 6.42 Å². The zero-order valence-corrected chi connectivity index (χ0v) is 9.68. The molecule has 2 atom stereocenters. The number of carbonyl (C=O) groups is 1. The summed E-state index contributed by atoms with van der Waals surface area (Å²) in [6.45, 7) is 0. The number of benzene rings is 1. The summed E-state index contributed by atoms with van der Waals surface area (Å²) in [6, 6.07) is 6.55. The van der Waals surface area contributed by atoms with E-state index in [4.69, 9.17) is 0 Å². The van der Waals surface area contributed by atoms with Gasteiger partial charge in [-0.15, -0.1) is 0 Å². The van der Waals surface area contributed by atoms with Crippen LogP contribution in [-0.4, -0.2) is 12.0 Å². The Labute approximate surface area is 98.8 Å². The quantitative estimate of drug-likeness (QED) is 0.757. The molecule has 1 aliphatic carbocycles. The van der Waals surface area contributed by atoms with Crippen molar-refractivity contribution in [2.24, 2.45) is 11.8 Å². The number of halogens is 4. The molecule has 2 rings (SSSR count). The lowest BCUT2D eigenvalue weighted by molar-refractivity contribution is -0.149. The second-order valence-corrected chi connectivity index (χ2v) is 4.69. The SMILES string of the molecule is O=C(c1ccccc1Br)C1CC1C(F)(F)F. The van der Waals surface area contributed by atoms with Crippen LogP contribution in [0.15, 0.2) is 28.7 Å². The third-order valence-corrected chi connectivity index (χ3v) is 3.38. The van der Waals surface area contributed by atoms with Gasteiger partial charge in [-0.1, -0.05) is 34.1 Å². The molecule has 1 nitrogen and oxygen atoms in total. The van der Waals surface area contributed by atoms with E-state index in [1.807, 2.05) is 0 Å². The molecule has 0 aromatic heterocycles. The van der Waals surface area contributed by atoms with Crippen molar-refractivity contribution in [1.29, 1.82) is 0 Å². The summed E-state index contributed by atoms with van der Waals surface area (Å²) in [5.41, 5.74) is 0.333. The number of alkyl halides is 3. The van der Waals surface area contributed by atoms with Crippen LogP contribution >= 0.6 is 15.9 Å². The Hall–Kier alpha value is -0.840. The van der Waals surface area contributed by atoms with Crippen LogP contribution in [0.5, 0.6) is 0 Å². The van der Waals surface area contributed by atoms with Gasteiger partial charge in [-0.05, 0) is 12.5 Å². The van der Waals surface area contributed by atoms with Gasteiger partial charge in [-0.2, -0.15) is 13.2 Å². The molecule has 0 radical (unpaired) electrons. The van der Waals surface area contributed by atoms with Crippen LogP contribution in [0.4, 0.5) is 13.2 Å². The van der Waals surface area contributed by atoms with Crippen LogP contribution in [0.2, 0.25) is 0 Å². The molecule has 0 spiro atoms. The summed E-state index contributed by atoms with van der Waals surface area (Å²) < 4.78 is 37.5. The number of carbonyl (C=O) groups excluding carboxylic acids is 1. The van der Waals surface area contributed by atoms with Crippen molar-refractivity contribution in [3.05, 3.63) is 34.3 Å². The fourth-order valence-electron chi connectivity index (χ4n) is 1.71. The van der Waals surface area contributed by atoms with Crippen molar-refractivity contribution < 1.29 is 18.0 Å². The molecular weight excluding hydrogens is 285 g/mol. The predicted octanol–water partition coefficient (Wildman–Crippen LogP) is 3.83.